The molecule has 0 bridgehead atoms. The van der Waals surface area contributed by atoms with Crippen LogP contribution in [0.15, 0.2) is 36.7 Å². The van der Waals surface area contributed by atoms with E-state index in [1.807, 2.05) is 36.4 Å². The Labute approximate surface area is 165 Å². The number of aromatic nitrogens is 3. The second-order valence-electron chi connectivity index (χ2n) is 7.60. The van der Waals surface area contributed by atoms with Crippen LogP contribution in [0.25, 0.3) is 10.9 Å². The number of imidazole rings is 1. The molecule has 4 rings (SSSR count). The molecular formula is C22H28N4O2. The van der Waals surface area contributed by atoms with Crippen LogP contribution in [0.5, 0.6) is 0 Å². The van der Waals surface area contributed by atoms with Gasteiger partial charge in [-0.25, -0.2) is 4.98 Å². The number of carbonyl (C=O) groups excluding carboxylic acids is 1. The molecule has 6 nitrogen and oxygen atoms in total. The van der Waals surface area contributed by atoms with Gasteiger partial charge in [0.2, 0.25) is 5.91 Å². The first-order valence-electron chi connectivity index (χ1n) is 10.0. The summed E-state index contributed by atoms with van der Waals surface area (Å²) in [5, 5.41) is 1.15. The summed E-state index contributed by atoms with van der Waals surface area (Å²) in [6, 6.07) is 8.20. The number of benzene rings is 1. The predicted molar refractivity (Wildman–Crippen MR) is 109 cm³/mol. The van der Waals surface area contributed by atoms with Crippen LogP contribution in [0.1, 0.15) is 35.8 Å². The van der Waals surface area contributed by atoms with Gasteiger partial charge in [-0.2, -0.15) is 0 Å². The van der Waals surface area contributed by atoms with Crippen molar-refractivity contribution in [2.24, 2.45) is 0 Å². The minimum Gasteiger partial charge on any atom is -0.383 e. The van der Waals surface area contributed by atoms with Crippen molar-refractivity contribution in [2.45, 2.75) is 38.6 Å². The van der Waals surface area contributed by atoms with Gasteiger partial charge in [0.05, 0.1) is 13.0 Å². The monoisotopic (exact) mass is 380 g/mol. The molecule has 1 saturated heterocycles. The van der Waals surface area contributed by atoms with Crippen molar-refractivity contribution >= 4 is 16.8 Å². The van der Waals surface area contributed by atoms with E-state index in [0.29, 0.717) is 13.0 Å². The molecular weight excluding hydrogens is 352 g/mol. The van der Waals surface area contributed by atoms with E-state index in [4.69, 9.17) is 4.74 Å². The first kappa shape index (κ1) is 18.7. The van der Waals surface area contributed by atoms with Gasteiger partial charge in [0, 0.05) is 61.7 Å². The van der Waals surface area contributed by atoms with Gasteiger partial charge < -0.3 is 19.2 Å². The minimum atomic E-state index is 0.201. The zero-order chi connectivity index (χ0) is 19.5. The molecule has 2 aromatic heterocycles. The third kappa shape index (κ3) is 3.69. The summed E-state index contributed by atoms with van der Waals surface area (Å²) in [6.07, 6.45) is 6.38. The molecule has 1 aliphatic heterocycles. The SMILES string of the molecule is COCCn1ccnc1[C@@H]1CCCN(C(=O)Cc2c(C)[nH]c3ccccc23)C1. The number of rotatable bonds is 6. The van der Waals surface area contributed by atoms with E-state index in [0.717, 1.165) is 60.5 Å². The molecule has 1 amide bonds. The largest absolute Gasteiger partial charge is 0.383 e. The zero-order valence-electron chi connectivity index (χ0n) is 16.6. The summed E-state index contributed by atoms with van der Waals surface area (Å²) in [5.41, 5.74) is 3.29. The third-order valence-electron chi connectivity index (χ3n) is 5.78. The first-order chi connectivity index (χ1) is 13.7. The maximum atomic E-state index is 13.1. The van der Waals surface area contributed by atoms with Gasteiger partial charge in [-0.1, -0.05) is 18.2 Å². The molecule has 1 aromatic carbocycles. The topological polar surface area (TPSA) is 63.1 Å². The van der Waals surface area contributed by atoms with E-state index in [1.54, 1.807) is 7.11 Å². The molecule has 0 aliphatic carbocycles. The number of methoxy groups -OCH3 is 1. The Morgan fingerprint density at radius 3 is 3.07 bits per heavy atom. The summed E-state index contributed by atoms with van der Waals surface area (Å²) < 4.78 is 7.36. The number of nitrogens with zero attached hydrogens (tertiary/aromatic N) is 3. The molecule has 1 aliphatic rings. The molecule has 28 heavy (non-hydrogen) atoms. The molecule has 3 heterocycles. The fraction of sp³-hybridized carbons (Fsp3) is 0.455. The van der Waals surface area contributed by atoms with Gasteiger partial charge in [-0.05, 0) is 31.4 Å². The Balaban J connectivity index is 1.48. The summed E-state index contributed by atoms with van der Waals surface area (Å²) in [4.78, 5) is 23.1. The molecule has 0 unspecified atom stereocenters. The van der Waals surface area contributed by atoms with Gasteiger partial charge in [0.15, 0.2) is 0 Å². The highest BCUT2D eigenvalue weighted by Gasteiger charge is 2.28. The number of H-pyrrole nitrogens is 1. The molecule has 1 N–H and O–H groups in total. The van der Waals surface area contributed by atoms with Gasteiger partial charge >= 0.3 is 0 Å². The van der Waals surface area contributed by atoms with E-state index in [9.17, 15) is 4.79 Å². The fourth-order valence-corrected chi connectivity index (χ4v) is 4.30. The van der Waals surface area contributed by atoms with Crippen LogP contribution in [-0.4, -0.2) is 52.1 Å². The van der Waals surface area contributed by atoms with Crippen LogP contribution in [0, 0.1) is 6.92 Å². The quantitative estimate of drug-likeness (QED) is 0.714. The van der Waals surface area contributed by atoms with Gasteiger partial charge in [-0.3, -0.25) is 4.79 Å². The van der Waals surface area contributed by atoms with Crippen molar-refractivity contribution < 1.29 is 9.53 Å². The van der Waals surface area contributed by atoms with E-state index < -0.39 is 0 Å². The first-order valence-corrected chi connectivity index (χ1v) is 10.0. The minimum absolute atomic E-state index is 0.201. The lowest BCUT2D eigenvalue weighted by Crippen LogP contribution is -2.40. The number of nitrogens with one attached hydrogen (secondary N) is 1. The smallest absolute Gasteiger partial charge is 0.227 e. The second-order valence-corrected chi connectivity index (χ2v) is 7.60. The number of hydrogen-bond acceptors (Lipinski definition) is 3. The molecule has 3 aromatic rings. The van der Waals surface area contributed by atoms with Crippen LogP contribution in [0.3, 0.4) is 0 Å². The van der Waals surface area contributed by atoms with Crippen molar-refractivity contribution in [1.29, 1.82) is 0 Å². The number of hydrogen-bond donors (Lipinski definition) is 1. The molecule has 0 saturated carbocycles. The lowest BCUT2D eigenvalue weighted by molar-refractivity contribution is -0.131. The van der Waals surface area contributed by atoms with Crippen molar-refractivity contribution in [1.82, 2.24) is 19.4 Å². The predicted octanol–water partition coefficient (Wildman–Crippen LogP) is 3.27. The molecule has 1 fully saturated rings. The summed E-state index contributed by atoms with van der Waals surface area (Å²) in [5.74, 6) is 1.55. The number of ether oxygens (including phenoxy) is 1. The number of aromatic amines is 1. The lowest BCUT2D eigenvalue weighted by atomic mass is 9.96. The highest BCUT2D eigenvalue weighted by Crippen LogP contribution is 2.28. The highest BCUT2D eigenvalue weighted by molar-refractivity contribution is 5.90. The maximum absolute atomic E-state index is 13.1. The Hall–Kier alpha value is -2.60. The number of fused-ring (bicyclic) bond motifs is 1. The van der Waals surface area contributed by atoms with E-state index >= 15 is 0 Å². The van der Waals surface area contributed by atoms with E-state index in [-0.39, 0.29) is 11.8 Å². The maximum Gasteiger partial charge on any atom is 0.227 e. The molecule has 0 radical (unpaired) electrons. The van der Waals surface area contributed by atoms with E-state index in [1.165, 1.54) is 0 Å². The van der Waals surface area contributed by atoms with Crippen molar-refractivity contribution in [3.8, 4) is 0 Å². The normalized spacial score (nSPS) is 17.4. The average Bonchev–Trinajstić information content (AvgIpc) is 3.31. The summed E-state index contributed by atoms with van der Waals surface area (Å²) in [7, 11) is 1.71. The number of carbonyl (C=O) groups is 1. The standard InChI is InChI=1S/C22H28N4O2/c1-16-19(18-7-3-4-8-20(18)24-16)14-21(27)26-10-5-6-17(15-26)22-23-9-11-25(22)12-13-28-2/h3-4,7-9,11,17,24H,5-6,10,12-15H2,1-2H3/t17-/m1/s1. The number of piperidine rings is 1. The molecule has 1 atom stereocenters. The van der Waals surface area contributed by atoms with Crippen molar-refractivity contribution in [2.75, 3.05) is 26.8 Å². The zero-order valence-corrected chi connectivity index (χ0v) is 16.6. The Bertz CT molecular complexity index is 959. The van der Waals surface area contributed by atoms with E-state index in [2.05, 4.69) is 26.7 Å². The van der Waals surface area contributed by atoms with Crippen molar-refractivity contribution in [3.63, 3.8) is 0 Å². The number of likely N-dealkylation sites (tertiary alicyclic amines) is 1. The second kappa shape index (κ2) is 8.19. The Morgan fingerprint density at radius 1 is 1.36 bits per heavy atom. The van der Waals surface area contributed by atoms with Gasteiger partial charge in [0.25, 0.3) is 0 Å². The third-order valence-corrected chi connectivity index (χ3v) is 5.78. The van der Waals surface area contributed by atoms with Crippen LogP contribution in [0.4, 0.5) is 0 Å². The Kier molecular flexibility index (Phi) is 5.48. The van der Waals surface area contributed by atoms with Crippen LogP contribution in [-0.2, 0) is 22.5 Å². The van der Waals surface area contributed by atoms with Crippen LogP contribution in [0.2, 0.25) is 0 Å². The Morgan fingerprint density at radius 2 is 2.21 bits per heavy atom. The van der Waals surface area contributed by atoms with Gasteiger partial charge in [0.1, 0.15) is 5.82 Å². The average molecular weight is 380 g/mol. The van der Waals surface area contributed by atoms with Crippen LogP contribution >= 0.6 is 0 Å². The van der Waals surface area contributed by atoms with Crippen molar-refractivity contribution in [3.05, 3.63) is 53.7 Å². The fourth-order valence-electron chi connectivity index (χ4n) is 4.30. The molecule has 148 valence electrons. The molecule has 0 spiro atoms. The lowest BCUT2D eigenvalue weighted by Gasteiger charge is -2.33. The van der Waals surface area contributed by atoms with Crippen LogP contribution < -0.4 is 0 Å². The summed E-state index contributed by atoms with van der Waals surface area (Å²) >= 11 is 0. The van der Waals surface area contributed by atoms with Gasteiger partial charge in [-0.15, -0.1) is 0 Å². The molecule has 6 heteroatoms. The number of para-hydroxylation sites is 1. The highest BCUT2D eigenvalue weighted by atomic mass is 16.5. The number of aryl methyl sites for hydroxylation is 1. The number of amides is 1. The summed E-state index contributed by atoms with van der Waals surface area (Å²) in [6.45, 7) is 5.08.